The van der Waals surface area contributed by atoms with E-state index in [-0.39, 0.29) is 64.6 Å². The van der Waals surface area contributed by atoms with Crippen molar-refractivity contribution in [1.29, 1.82) is 0 Å². The lowest BCUT2D eigenvalue weighted by atomic mass is 10.1. The molecule has 0 saturated heterocycles. The second-order valence-electron chi connectivity index (χ2n) is 31.7. The highest BCUT2D eigenvalue weighted by Crippen LogP contribution is 2.68. The Morgan fingerprint density at radius 2 is 0.406 bits per heavy atom. The van der Waals surface area contributed by atoms with Crippen LogP contribution in [0.1, 0.15) is 265 Å². The van der Waals surface area contributed by atoms with Crippen LogP contribution in [-0.2, 0) is 118 Å². The molecule has 0 aliphatic heterocycles. The molecule has 14 atom stereocenters. The highest BCUT2D eigenvalue weighted by molar-refractivity contribution is 8.56. The van der Waals surface area contributed by atoms with Crippen molar-refractivity contribution in [2.75, 3.05) is 43.7 Å². The molecular formula is C69H145O27P7S3. The summed E-state index contributed by atoms with van der Waals surface area (Å²) in [6.45, 7) is 39.8. The molecule has 1 N–H and O–H groups in total. The van der Waals surface area contributed by atoms with Crippen molar-refractivity contribution in [3.63, 3.8) is 0 Å². The van der Waals surface area contributed by atoms with Gasteiger partial charge in [0.05, 0.1) is 118 Å². The molecule has 0 fully saturated rings. The minimum Gasteiger partial charge on any atom is -0.481 e. The second kappa shape index (κ2) is 53.0. The first-order chi connectivity index (χ1) is 48.5. The Hall–Kier alpha value is 1.41. The molecule has 0 heterocycles. The van der Waals surface area contributed by atoms with Crippen LogP contribution < -0.4 is 0 Å². The van der Waals surface area contributed by atoms with Gasteiger partial charge in [-0.25, -0.2) is 32.0 Å². The van der Waals surface area contributed by atoms with E-state index in [4.69, 9.17) is 81.4 Å². The van der Waals surface area contributed by atoms with Gasteiger partial charge in [-0.05, 0) is 230 Å². The largest absolute Gasteiger partial charge is 0.481 e. The van der Waals surface area contributed by atoms with Crippen molar-refractivity contribution >= 4 is 91.8 Å². The fourth-order valence-electron chi connectivity index (χ4n) is 10.9. The van der Waals surface area contributed by atoms with Gasteiger partial charge in [0, 0.05) is 17.3 Å². The van der Waals surface area contributed by atoms with E-state index in [1.54, 1.807) is 55.4 Å². The summed E-state index contributed by atoms with van der Waals surface area (Å²) < 4.78 is 213. The Balaban J connectivity index is 7.63. The number of hydrogen-bond acceptors (Lipinski definition) is 29. The third-order valence-electron chi connectivity index (χ3n) is 14.1. The molecule has 0 saturated carbocycles. The number of hydrogen-bond donors (Lipinski definition) is 1. The first-order valence-corrected chi connectivity index (χ1v) is 53.3. The number of phosphoric ester groups is 4. The molecule has 0 aliphatic rings. The maximum Gasteiger partial charge on any atom is 0.475 e. The quantitative estimate of drug-likeness (QED) is 0.0553. The van der Waals surface area contributed by atoms with Crippen molar-refractivity contribution in [3.05, 3.63) is 0 Å². The molecule has 0 rings (SSSR count). The van der Waals surface area contributed by atoms with E-state index in [0.717, 1.165) is 0 Å². The maximum atomic E-state index is 15.4. The minimum absolute atomic E-state index is 0.184. The summed E-state index contributed by atoms with van der Waals surface area (Å²) in [6.07, 6.45) is -7.29. The molecular weight excluding hydrogens is 1570 g/mol. The van der Waals surface area contributed by atoms with E-state index in [0.29, 0.717) is 85.5 Å². The van der Waals surface area contributed by atoms with Crippen LogP contribution in [0.5, 0.6) is 0 Å². The Bertz CT molecular complexity index is 2360. The van der Waals surface area contributed by atoms with Crippen LogP contribution in [0.4, 0.5) is 0 Å². The average Bonchev–Trinajstić information content (AvgIpc) is 0.849. The van der Waals surface area contributed by atoms with Gasteiger partial charge in [0.15, 0.2) is 0 Å². The molecule has 0 bridgehead atoms. The topological polar surface area (TPSA) is 323 Å². The first-order valence-electron chi connectivity index (χ1n) is 38.0. The van der Waals surface area contributed by atoms with Crippen molar-refractivity contribution in [3.8, 4) is 0 Å². The van der Waals surface area contributed by atoms with Gasteiger partial charge < -0.3 is 5.11 Å². The van der Waals surface area contributed by atoms with Gasteiger partial charge in [-0.15, -0.1) is 0 Å². The third kappa shape index (κ3) is 53.6. The van der Waals surface area contributed by atoms with E-state index in [9.17, 15) is 28.2 Å². The molecule has 0 aromatic carbocycles. The van der Waals surface area contributed by atoms with Gasteiger partial charge in [0.2, 0.25) is 0 Å². The molecule has 37 heteroatoms. The maximum absolute atomic E-state index is 15.4. The third-order valence-corrected chi connectivity index (χ3v) is 33.0. The standard InChI is InChI=1S/C69H145O27P7S3/c1-47(2)33-55(17)83-97(72,84-56(18)34-48(3)4)79-41-63(25)91-102(77,92-64(26)42-80-98(73,85-57(19)35-49(5)6)86-58(20)36-50(7)8)105-45-67(29)95-101(76,104-32-31-69(70)71)96-68(30)46-106-103(78,93-65(27)43-81-99(74,87-59(21)37-51(9)10)88-60(22)38-52(11)12)94-66(28)44-82-100(75,89-61(23)39-53(13)14)90-62(24)40-54(15)16/h47-68H,31-46H2,1-30H3,(H,70,71). The lowest BCUT2D eigenvalue weighted by Crippen LogP contribution is -2.23. The fourth-order valence-corrected chi connectivity index (χ4v) is 29.6. The fraction of sp³-hybridized carbons (Fsp3) is 0.986. The van der Waals surface area contributed by atoms with Crippen molar-refractivity contribution in [2.24, 2.45) is 47.3 Å². The van der Waals surface area contributed by atoms with E-state index < -0.39 is 176 Å². The average molecular weight is 1720 g/mol. The molecule has 27 nitrogen and oxygen atoms in total. The number of carbonyl (C=O) groups is 1. The predicted octanol–water partition coefficient (Wildman–Crippen LogP) is 24.5. The van der Waals surface area contributed by atoms with Crippen LogP contribution in [0.2, 0.25) is 0 Å². The van der Waals surface area contributed by atoms with E-state index in [1.807, 2.05) is 111 Å². The SMILES string of the molecule is CC(C)CC(C)OP(=O)(OCC(C)OP(=O)(OC(C)COP(=O)(OC(C)CC(C)C)OC(C)CC(C)C)SCC(C)OP(=O)(OC(C)CSP(=O)(OC(C)COP(=O)(OC(C)CC(C)C)OC(C)CC(C)C)OC(C)COP(=O)(OC(C)CC(C)C)OC(C)CC(C)C)SCCC(=O)O)OC(C)CC(C)C. The van der Waals surface area contributed by atoms with Crippen molar-refractivity contribution < 1.29 is 123 Å². The summed E-state index contributed by atoms with van der Waals surface area (Å²) in [6, 6.07) is 0. The Morgan fingerprint density at radius 3 is 0.566 bits per heavy atom. The highest BCUT2D eigenvalue weighted by Gasteiger charge is 2.43. The lowest BCUT2D eigenvalue weighted by molar-refractivity contribution is -0.136. The normalized spacial score (nSPS) is 20.9. The molecule has 106 heavy (non-hydrogen) atoms. The van der Waals surface area contributed by atoms with Gasteiger partial charge in [0.25, 0.3) is 0 Å². The number of phosphoric acid groups is 4. The Morgan fingerprint density at radius 1 is 0.245 bits per heavy atom. The first kappa shape index (κ1) is 107. The molecule has 0 aliphatic carbocycles. The van der Waals surface area contributed by atoms with Gasteiger partial charge >= 0.3 is 57.7 Å². The lowest BCUT2D eigenvalue weighted by Gasteiger charge is -2.30. The monoisotopic (exact) mass is 1720 g/mol. The number of aliphatic carboxylic acids is 1. The zero-order chi connectivity index (χ0) is 81.9. The molecule has 0 amide bonds. The summed E-state index contributed by atoms with van der Waals surface area (Å²) in [5.41, 5.74) is 0. The summed E-state index contributed by atoms with van der Waals surface area (Å²) in [4.78, 5) is 11.9. The Kier molecular flexibility index (Phi) is 53.7. The van der Waals surface area contributed by atoms with Crippen LogP contribution in [-0.4, -0.2) is 140 Å². The highest BCUT2D eigenvalue weighted by atomic mass is 32.7. The van der Waals surface area contributed by atoms with E-state index >= 15 is 13.7 Å². The smallest absolute Gasteiger partial charge is 0.475 e. The van der Waals surface area contributed by atoms with Crippen LogP contribution in [0.15, 0.2) is 0 Å². The molecule has 636 valence electrons. The molecule has 0 spiro atoms. The van der Waals surface area contributed by atoms with Crippen LogP contribution in [0, 0.1) is 47.3 Å². The molecule has 0 aromatic heterocycles. The number of carboxylic acids is 1. The Labute approximate surface area is 653 Å². The molecule has 0 radical (unpaired) electrons. The number of rotatable bonds is 66. The second-order valence-corrected chi connectivity index (χ2v) is 50.2. The summed E-state index contributed by atoms with van der Waals surface area (Å²) in [5, 5.41) is 9.73. The van der Waals surface area contributed by atoms with Gasteiger partial charge in [-0.3, -0.25) is 86.2 Å². The minimum atomic E-state index is -4.51. The predicted molar refractivity (Wildman–Crippen MR) is 430 cm³/mol. The molecule has 0 aromatic rings. The molecule has 14 unspecified atom stereocenters. The van der Waals surface area contributed by atoms with E-state index in [1.165, 1.54) is 41.5 Å². The number of carboxylic acid groups (broad SMARTS) is 1. The zero-order valence-electron chi connectivity index (χ0n) is 69.9. The van der Waals surface area contributed by atoms with Gasteiger partial charge in [-0.1, -0.05) is 111 Å². The van der Waals surface area contributed by atoms with Crippen molar-refractivity contribution in [2.45, 2.75) is 351 Å². The van der Waals surface area contributed by atoms with Crippen molar-refractivity contribution in [1.82, 2.24) is 0 Å². The van der Waals surface area contributed by atoms with Crippen LogP contribution >= 0.6 is 85.8 Å². The summed E-state index contributed by atoms with van der Waals surface area (Å²) in [5.74, 6) is -0.557. The van der Waals surface area contributed by atoms with Gasteiger partial charge in [0.1, 0.15) is 0 Å². The van der Waals surface area contributed by atoms with Crippen LogP contribution in [0.25, 0.3) is 0 Å². The van der Waals surface area contributed by atoms with Gasteiger partial charge in [-0.2, -0.15) is 0 Å². The summed E-state index contributed by atoms with van der Waals surface area (Å²) >= 11 is 1.87. The zero-order valence-corrected chi connectivity index (χ0v) is 78.6. The van der Waals surface area contributed by atoms with Crippen LogP contribution in [0.3, 0.4) is 0 Å². The summed E-state index contributed by atoms with van der Waals surface area (Å²) in [7, 11) is -17.2. The van der Waals surface area contributed by atoms with E-state index in [2.05, 4.69) is 0 Å².